The molecule has 1 fully saturated rings. The highest BCUT2D eigenvalue weighted by atomic mass is 16.1. The van der Waals surface area contributed by atoms with E-state index in [9.17, 15) is 4.79 Å². The van der Waals surface area contributed by atoms with Gasteiger partial charge in [0.25, 0.3) is 5.91 Å². The second kappa shape index (κ2) is 3.70. The van der Waals surface area contributed by atoms with Crippen molar-refractivity contribution in [2.75, 3.05) is 26.2 Å². The first-order valence-electron chi connectivity index (χ1n) is 4.60. The summed E-state index contributed by atoms with van der Waals surface area (Å²) in [7, 11) is 0. The van der Waals surface area contributed by atoms with Gasteiger partial charge in [0.05, 0.1) is 0 Å². The fraction of sp³-hybridized carbons (Fsp3) is 0.556. The number of hydrogen-bond acceptors (Lipinski definition) is 3. The van der Waals surface area contributed by atoms with E-state index in [0.717, 1.165) is 32.0 Å². The van der Waals surface area contributed by atoms with Crippen molar-refractivity contribution in [3.63, 3.8) is 0 Å². The van der Waals surface area contributed by atoms with Gasteiger partial charge < -0.3 is 10.2 Å². The first kappa shape index (κ1) is 8.44. The maximum absolute atomic E-state index is 11.0. The van der Waals surface area contributed by atoms with E-state index in [1.54, 1.807) is 0 Å². The predicted molar refractivity (Wildman–Crippen MR) is 50.6 cm³/mol. The van der Waals surface area contributed by atoms with Gasteiger partial charge in [-0.05, 0) is 6.08 Å². The lowest BCUT2D eigenvalue weighted by Gasteiger charge is -2.29. The molecule has 70 valence electrons. The van der Waals surface area contributed by atoms with Crippen LogP contribution in [0.5, 0.6) is 0 Å². The Morgan fingerprint density at radius 1 is 1.38 bits per heavy atom. The quantitative estimate of drug-likeness (QED) is 0.559. The molecule has 2 heterocycles. The van der Waals surface area contributed by atoms with Crippen LogP contribution in [-0.2, 0) is 4.79 Å². The Morgan fingerprint density at radius 2 is 2.15 bits per heavy atom. The Hall–Kier alpha value is -1.16. The second-order valence-corrected chi connectivity index (χ2v) is 3.21. The van der Waals surface area contributed by atoms with Crippen molar-refractivity contribution in [1.82, 2.24) is 10.2 Å². The van der Waals surface area contributed by atoms with Crippen LogP contribution in [0.4, 0.5) is 0 Å². The average molecular weight is 179 g/mol. The van der Waals surface area contributed by atoms with E-state index in [-0.39, 0.29) is 5.91 Å². The first-order chi connectivity index (χ1) is 6.36. The van der Waals surface area contributed by atoms with E-state index in [2.05, 4.69) is 15.2 Å². The minimum Gasteiger partial charge on any atom is -0.354 e. The Labute approximate surface area is 77.3 Å². The average Bonchev–Trinajstić information content (AvgIpc) is 2.19. The lowest BCUT2D eigenvalue weighted by atomic mass is 10.2. The van der Waals surface area contributed by atoms with E-state index in [4.69, 9.17) is 0 Å². The predicted octanol–water partition coefficient (Wildman–Crippen LogP) is -0.223. The van der Waals surface area contributed by atoms with E-state index < -0.39 is 0 Å². The first-order valence-corrected chi connectivity index (χ1v) is 4.60. The Kier molecular flexibility index (Phi) is 2.40. The molecule has 4 heteroatoms. The van der Waals surface area contributed by atoms with Crippen LogP contribution < -0.4 is 5.32 Å². The maximum atomic E-state index is 11.0. The van der Waals surface area contributed by atoms with Crippen molar-refractivity contribution in [3.05, 3.63) is 12.2 Å². The number of amidine groups is 1. The summed E-state index contributed by atoms with van der Waals surface area (Å²) < 4.78 is 0. The number of aliphatic imine (C=N–C) groups is 1. The number of carbonyl (C=O) groups is 1. The molecule has 2 aliphatic heterocycles. The minimum absolute atomic E-state index is 0.0315. The molecule has 0 radical (unpaired) electrons. The van der Waals surface area contributed by atoms with Crippen molar-refractivity contribution in [2.45, 2.75) is 6.42 Å². The summed E-state index contributed by atoms with van der Waals surface area (Å²) in [6.07, 6.45) is 4.27. The zero-order chi connectivity index (χ0) is 9.10. The molecular formula is C9H13N3O. The van der Waals surface area contributed by atoms with Crippen LogP contribution in [0, 0.1) is 0 Å². The van der Waals surface area contributed by atoms with Crippen molar-refractivity contribution in [2.24, 2.45) is 4.99 Å². The standard InChI is InChI=1S/C9H13N3O/c13-9-3-1-2-8(11-9)12-6-4-10-5-7-12/h1-2,10H,3-7H2. The zero-order valence-corrected chi connectivity index (χ0v) is 7.49. The number of piperazine rings is 1. The van der Waals surface area contributed by atoms with Crippen molar-refractivity contribution in [1.29, 1.82) is 0 Å². The molecule has 4 nitrogen and oxygen atoms in total. The van der Waals surface area contributed by atoms with Gasteiger partial charge in [-0.25, -0.2) is 0 Å². The van der Waals surface area contributed by atoms with Crippen LogP contribution in [0.25, 0.3) is 0 Å². The molecule has 2 aliphatic rings. The number of amides is 1. The zero-order valence-electron chi connectivity index (χ0n) is 7.49. The highest BCUT2D eigenvalue weighted by Crippen LogP contribution is 2.04. The van der Waals surface area contributed by atoms with Gasteiger partial charge in [0.2, 0.25) is 0 Å². The monoisotopic (exact) mass is 179 g/mol. The van der Waals surface area contributed by atoms with Gasteiger partial charge in [-0.2, -0.15) is 4.99 Å². The molecule has 1 saturated heterocycles. The Morgan fingerprint density at radius 3 is 2.85 bits per heavy atom. The molecule has 1 amide bonds. The van der Waals surface area contributed by atoms with Crippen molar-refractivity contribution < 1.29 is 4.79 Å². The normalized spacial score (nSPS) is 23.2. The molecule has 0 aromatic rings. The molecule has 0 spiro atoms. The van der Waals surface area contributed by atoms with Gasteiger partial charge in [-0.1, -0.05) is 6.08 Å². The fourth-order valence-electron chi connectivity index (χ4n) is 1.55. The van der Waals surface area contributed by atoms with Gasteiger partial charge in [0.15, 0.2) is 0 Å². The lowest BCUT2D eigenvalue weighted by molar-refractivity contribution is -0.117. The van der Waals surface area contributed by atoms with E-state index in [1.807, 2.05) is 12.2 Å². The number of hydrogen-bond donors (Lipinski definition) is 1. The largest absolute Gasteiger partial charge is 0.354 e. The highest BCUT2D eigenvalue weighted by molar-refractivity contribution is 6.03. The number of dihydropyridines is 1. The fourth-order valence-corrected chi connectivity index (χ4v) is 1.55. The third-order valence-corrected chi connectivity index (χ3v) is 2.24. The molecule has 0 saturated carbocycles. The molecule has 0 atom stereocenters. The van der Waals surface area contributed by atoms with E-state index in [1.165, 1.54) is 0 Å². The molecule has 0 aliphatic carbocycles. The third-order valence-electron chi connectivity index (χ3n) is 2.24. The summed E-state index contributed by atoms with van der Waals surface area (Å²) in [5, 5.41) is 3.26. The van der Waals surface area contributed by atoms with Crippen LogP contribution in [0.2, 0.25) is 0 Å². The van der Waals surface area contributed by atoms with Gasteiger partial charge in [0.1, 0.15) is 5.84 Å². The molecule has 2 rings (SSSR count). The highest BCUT2D eigenvalue weighted by Gasteiger charge is 2.15. The van der Waals surface area contributed by atoms with Gasteiger partial charge in [0, 0.05) is 32.6 Å². The number of carbonyl (C=O) groups excluding carboxylic acids is 1. The van der Waals surface area contributed by atoms with Crippen LogP contribution in [-0.4, -0.2) is 42.8 Å². The Balaban J connectivity index is 2.06. The summed E-state index contributed by atoms with van der Waals surface area (Å²) >= 11 is 0. The second-order valence-electron chi connectivity index (χ2n) is 3.21. The third kappa shape index (κ3) is 1.95. The summed E-state index contributed by atoms with van der Waals surface area (Å²) in [5.74, 6) is 0.800. The van der Waals surface area contributed by atoms with Crippen LogP contribution >= 0.6 is 0 Å². The van der Waals surface area contributed by atoms with Crippen LogP contribution in [0.15, 0.2) is 17.1 Å². The van der Waals surface area contributed by atoms with E-state index in [0.29, 0.717) is 6.42 Å². The Bertz CT molecular complexity index is 264. The van der Waals surface area contributed by atoms with Crippen LogP contribution in [0.1, 0.15) is 6.42 Å². The topological polar surface area (TPSA) is 44.7 Å². The number of nitrogens with zero attached hydrogens (tertiary/aromatic N) is 2. The molecule has 0 bridgehead atoms. The molecule has 0 aromatic carbocycles. The van der Waals surface area contributed by atoms with E-state index >= 15 is 0 Å². The molecule has 0 unspecified atom stereocenters. The van der Waals surface area contributed by atoms with Gasteiger partial charge in [-0.3, -0.25) is 4.79 Å². The van der Waals surface area contributed by atoms with Gasteiger partial charge in [-0.15, -0.1) is 0 Å². The van der Waals surface area contributed by atoms with Crippen molar-refractivity contribution >= 4 is 11.7 Å². The molecule has 0 aromatic heterocycles. The number of rotatable bonds is 0. The molecular weight excluding hydrogens is 166 g/mol. The smallest absolute Gasteiger partial charge is 0.251 e. The van der Waals surface area contributed by atoms with Crippen molar-refractivity contribution in [3.8, 4) is 0 Å². The minimum atomic E-state index is -0.0315. The summed E-state index contributed by atoms with van der Waals surface area (Å²) in [6.45, 7) is 3.83. The summed E-state index contributed by atoms with van der Waals surface area (Å²) in [6, 6.07) is 0. The van der Waals surface area contributed by atoms with Crippen LogP contribution in [0.3, 0.4) is 0 Å². The maximum Gasteiger partial charge on any atom is 0.251 e. The SMILES string of the molecule is O=C1CC=CC(N2CCNCC2)=N1. The van der Waals surface area contributed by atoms with Gasteiger partial charge >= 0.3 is 0 Å². The molecule has 13 heavy (non-hydrogen) atoms. The summed E-state index contributed by atoms with van der Waals surface area (Å²) in [5.41, 5.74) is 0. The lowest BCUT2D eigenvalue weighted by Crippen LogP contribution is -2.46. The molecule has 1 N–H and O–H groups in total. The number of nitrogens with one attached hydrogen (secondary N) is 1. The summed E-state index contributed by atoms with van der Waals surface area (Å²) in [4.78, 5) is 17.2.